The van der Waals surface area contributed by atoms with E-state index in [1.807, 2.05) is 6.92 Å². The second kappa shape index (κ2) is 8.16. The summed E-state index contributed by atoms with van der Waals surface area (Å²) in [6.45, 7) is 2.71. The lowest BCUT2D eigenvalue weighted by molar-refractivity contribution is 0.0171. The van der Waals surface area contributed by atoms with Crippen molar-refractivity contribution in [3.63, 3.8) is 0 Å². The highest BCUT2D eigenvalue weighted by atomic mass is 19.3. The van der Waals surface area contributed by atoms with Gasteiger partial charge in [-0.25, -0.2) is 23.7 Å². The van der Waals surface area contributed by atoms with E-state index in [1.165, 1.54) is 36.9 Å². The highest BCUT2D eigenvalue weighted by Gasteiger charge is 2.24. The maximum absolute atomic E-state index is 13.3. The standard InChI is InChI=1S/C20H18F2N4O2/c1-3-14-6-16(28-17-10-23-12-24-11-17)8-18(26-14)19(27)7-15-5-4-13(9-25-15)20(2,21)22/h4-6,8-12H,3,7H2,1-2H3. The van der Waals surface area contributed by atoms with E-state index >= 15 is 0 Å². The van der Waals surface area contributed by atoms with Crippen molar-refractivity contribution in [2.75, 3.05) is 0 Å². The Morgan fingerprint density at radius 1 is 1.07 bits per heavy atom. The molecule has 3 aromatic heterocycles. The molecule has 0 unspecified atom stereocenters. The van der Waals surface area contributed by atoms with Crippen LogP contribution in [-0.2, 0) is 18.8 Å². The lowest BCUT2D eigenvalue weighted by atomic mass is 10.1. The van der Waals surface area contributed by atoms with Crippen LogP contribution in [0.3, 0.4) is 0 Å². The van der Waals surface area contributed by atoms with E-state index in [0.29, 0.717) is 29.3 Å². The molecule has 0 radical (unpaired) electrons. The summed E-state index contributed by atoms with van der Waals surface area (Å²) in [5, 5.41) is 0. The summed E-state index contributed by atoms with van der Waals surface area (Å²) in [5.41, 5.74) is 1.10. The fourth-order valence-corrected chi connectivity index (χ4v) is 2.46. The number of carbonyl (C=O) groups is 1. The predicted octanol–water partition coefficient (Wildman–Crippen LogP) is 4.16. The Balaban J connectivity index is 1.80. The summed E-state index contributed by atoms with van der Waals surface area (Å²) in [5.74, 6) is -2.38. The van der Waals surface area contributed by atoms with Crippen molar-refractivity contribution in [3.05, 3.63) is 71.8 Å². The van der Waals surface area contributed by atoms with Gasteiger partial charge >= 0.3 is 0 Å². The molecule has 0 amide bonds. The number of ether oxygens (including phenoxy) is 1. The SMILES string of the molecule is CCc1cc(Oc2cncnc2)cc(C(=O)Cc2ccc(C(C)(F)F)cn2)n1. The molecule has 28 heavy (non-hydrogen) atoms. The highest BCUT2D eigenvalue weighted by molar-refractivity contribution is 5.95. The van der Waals surface area contributed by atoms with Crippen LogP contribution < -0.4 is 4.74 Å². The summed E-state index contributed by atoms with van der Waals surface area (Å²) < 4.78 is 32.3. The Labute approximate surface area is 160 Å². The Bertz CT molecular complexity index is 958. The predicted molar refractivity (Wildman–Crippen MR) is 97.6 cm³/mol. The van der Waals surface area contributed by atoms with Crippen molar-refractivity contribution in [3.8, 4) is 11.5 Å². The van der Waals surface area contributed by atoms with Gasteiger partial charge in [0, 0.05) is 42.2 Å². The van der Waals surface area contributed by atoms with Crippen molar-refractivity contribution < 1.29 is 18.3 Å². The van der Waals surface area contributed by atoms with Gasteiger partial charge in [-0.05, 0) is 18.6 Å². The van der Waals surface area contributed by atoms with Crippen molar-refractivity contribution in [1.82, 2.24) is 19.9 Å². The minimum atomic E-state index is -2.97. The van der Waals surface area contributed by atoms with E-state index in [0.717, 1.165) is 13.1 Å². The average Bonchev–Trinajstić information content (AvgIpc) is 2.68. The van der Waals surface area contributed by atoms with Gasteiger partial charge in [-0.2, -0.15) is 0 Å². The largest absolute Gasteiger partial charge is 0.454 e. The van der Waals surface area contributed by atoms with E-state index in [-0.39, 0.29) is 23.5 Å². The third-order valence-electron chi connectivity index (χ3n) is 3.95. The second-order valence-electron chi connectivity index (χ2n) is 6.24. The van der Waals surface area contributed by atoms with E-state index in [1.54, 1.807) is 6.07 Å². The molecule has 3 heterocycles. The lowest BCUT2D eigenvalue weighted by Crippen LogP contribution is -2.11. The number of ketones is 1. The summed E-state index contributed by atoms with van der Waals surface area (Å²) in [6.07, 6.45) is 6.05. The number of aryl methyl sites for hydroxylation is 1. The van der Waals surface area contributed by atoms with Crippen molar-refractivity contribution in [2.45, 2.75) is 32.6 Å². The first-order chi connectivity index (χ1) is 13.3. The molecule has 0 N–H and O–H groups in total. The number of alkyl halides is 2. The second-order valence-corrected chi connectivity index (χ2v) is 6.24. The smallest absolute Gasteiger partial charge is 0.272 e. The minimum Gasteiger partial charge on any atom is -0.454 e. The molecule has 3 aromatic rings. The van der Waals surface area contributed by atoms with Crippen molar-refractivity contribution >= 4 is 5.78 Å². The topological polar surface area (TPSA) is 77.9 Å². The fourth-order valence-electron chi connectivity index (χ4n) is 2.46. The molecular weight excluding hydrogens is 366 g/mol. The molecule has 6 nitrogen and oxygen atoms in total. The Hall–Kier alpha value is -3.29. The zero-order valence-electron chi connectivity index (χ0n) is 15.4. The van der Waals surface area contributed by atoms with Gasteiger partial charge in [0.1, 0.15) is 17.8 Å². The quantitative estimate of drug-likeness (QED) is 0.569. The average molecular weight is 384 g/mol. The first-order valence-corrected chi connectivity index (χ1v) is 8.65. The number of halogens is 2. The summed E-state index contributed by atoms with van der Waals surface area (Å²) >= 11 is 0. The van der Waals surface area contributed by atoms with Crippen LogP contribution in [0.5, 0.6) is 11.5 Å². The van der Waals surface area contributed by atoms with Crippen LogP contribution in [0.2, 0.25) is 0 Å². The summed E-state index contributed by atoms with van der Waals surface area (Å²) in [6, 6.07) is 5.96. The van der Waals surface area contributed by atoms with Crippen LogP contribution in [0.15, 0.2) is 49.2 Å². The zero-order chi connectivity index (χ0) is 20.1. The molecule has 0 spiro atoms. The molecule has 0 aliphatic heterocycles. The molecule has 0 bridgehead atoms. The number of hydrogen-bond acceptors (Lipinski definition) is 6. The maximum Gasteiger partial charge on any atom is 0.272 e. The number of pyridine rings is 2. The van der Waals surface area contributed by atoms with Gasteiger partial charge < -0.3 is 4.74 Å². The van der Waals surface area contributed by atoms with Gasteiger partial charge in [0.05, 0.1) is 18.8 Å². The van der Waals surface area contributed by atoms with Gasteiger partial charge in [-0.1, -0.05) is 6.92 Å². The molecule has 3 rings (SSSR count). The van der Waals surface area contributed by atoms with E-state index in [9.17, 15) is 13.6 Å². The first kappa shape index (κ1) is 19.5. The van der Waals surface area contributed by atoms with Gasteiger partial charge in [0.15, 0.2) is 11.5 Å². The van der Waals surface area contributed by atoms with Crippen LogP contribution >= 0.6 is 0 Å². The van der Waals surface area contributed by atoms with Gasteiger partial charge in [-0.3, -0.25) is 9.78 Å². The number of Topliss-reactive ketones (excluding diaryl/α,β-unsaturated/α-hetero) is 1. The molecule has 0 saturated heterocycles. The molecule has 0 saturated carbocycles. The zero-order valence-corrected chi connectivity index (χ0v) is 15.4. The maximum atomic E-state index is 13.3. The number of hydrogen-bond donors (Lipinski definition) is 0. The first-order valence-electron chi connectivity index (χ1n) is 8.65. The molecule has 8 heteroatoms. The Morgan fingerprint density at radius 3 is 2.43 bits per heavy atom. The third kappa shape index (κ3) is 4.91. The van der Waals surface area contributed by atoms with Crippen molar-refractivity contribution in [1.29, 1.82) is 0 Å². The monoisotopic (exact) mass is 384 g/mol. The van der Waals surface area contributed by atoms with Crippen LogP contribution in [0.4, 0.5) is 8.78 Å². The minimum absolute atomic E-state index is 0.0520. The molecule has 0 aromatic carbocycles. The molecule has 0 fully saturated rings. The molecule has 0 aliphatic carbocycles. The van der Waals surface area contributed by atoms with Crippen molar-refractivity contribution in [2.24, 2.45) is 0 Å². The van der Waals surface area contributed by atoms with E-state index in [2.05, 4.69) is 19.9 Å². The Kier molecular flexibility index (Phi) is 5.67. The van der Waals surface area contributed by atoms with Crippen LogP contribution in [-0.4, -0.2) is 25.7 Å². The molecule has 0 atom stereocenters. The number of aromatic nitrogens is 4. The number of rotatable bonds is 7. The van der Waals surface area contributed by atoms with Crippen LogP contribution in [0, 0.1) is 0 Å². The Morgan fingerprint density at radius 2 is 1.82 bits per heavy atom. The molecule has 0 aliphatic rings. The van der Waals surface area contributed by atoms with Gasteiger partial charge in [-0.15, -0.1) is 0 Å². The normalized spacial score (nSPS) is 11.3. The third-order valence-corrected chi connectivity index (χ3v) is 3.95. The number of carbonyl (C=O) groups excluding carboxylic acids is 1. The lowest BCUT2D eigenvalue weighted by Gasteiger charge is -2.11. The highest BCUT2D eigenvalue weighted by Crippen LogP contribution is 2.26. The molecule has 144 valence electrons. The molecular formula is C20H18F2N4O2. The summed E-state index contributed by atoms with van der Waals surface area (Å²) in [7, 11) is 0. The van der Waals surface area contributed by atoms with Gasteiger partial charge in [0.2, 0.25) is 0 Å². The van der Waals surface area contributed by atoms with Crippen LogP contribution in [0.1, 0.15) is 41.3 Å². The van der Waals surface area contributed by atoms with E-state index in [4.69, 9.17) is 4.74 Å². The summed E-state index contributed by atoms with van der Waals surface area (Å²) in [4.78, 5) is 28.7. The fraction of sp³-hybridized carbons (Fsp3) is 0.250. The van der Waals surface area contributed by atoms with E-state index < -0.39 is 5.92 Å². The van der Waals surface area contributed by atoms with Crippen LogP contribution in [0.25, 0.3) is 0 Å². The van der Waals surface area contributed by atoms with Gasteiger partial charge in [0.25, 0.3) is 5.92 Å². The number of nitrogens with zero attached hydrogens (tertiary/aromatic N) is 4.